The summed E-state index contributed by atoms with van der Waals surface area (Å²) in [6.07, 6.45) is 3.88. The number of nitrogens with one attached hydrogen (secondary N) is 1. The van der Waals surface area contributed by atoms with Gasteiger partial charge in [-0.2, -0.15) is 4.31 Å². The van der Waals surface area contributed by atoms with Gasteiger partial charge >= 0.3 is 0 Å². The maximum Gasteiger partial charge on any atom is 0.257 e. The van der Waals surface area contributed by atoms with Crippen LogP contribution in [0.1, 0.15) is 10.4 Å². The van der Waals surface area contributed by atoms with Crippen molar-refractivity contribution in [2.24, 2.45) is 0 Å². The molecule has 3 heterocycles. The van der Waals surface area contributed by atoms with Crippen molar-refractivity contribution in [2.75, 3.05) is 38.5 Å². The molecule has 1 N–H and O–H groups in total. The van der Waals surface area contributed by atoms with Gasteiger partial charge in [-0.1, -0.05) is 11.3 Å². The molecule has 0 aliphatic carbocycles. The van der Waals surface area contributed by atoms with E-state index in [1.807, 2.05) is 48.3 Å². The van der Waals surface area contributed by atoms with Gasteiger partial charge in [0.1, 0.15) is 0 Å². The summed E-state index contributed by atoms with van der Waals surface area (Å²) in [7, 11) is -1.57. The SMILES string of the molecule is CN1CCN(S(=O)(=O)c2ccc3nc(NC(=O)c4ccc(-n5cccc5)cc4)sc3c2)CC1. The fourth-order valence-corrected chi connectivity index (χ4v) is 6.18. The molecule has 0 unspecified atom stereocenters. The molecule has 1 aliphatic heterocycles. The lowest BCUT2D eigenvalue weighted by Gasteiger charge is -2.31. The number of anilines is 1. The highest BCUT2D eigenvalue weighted by molar-refractivity contribution is 7.89. The number of rotatable bonds is 5. The van der Waals surface area contributed by atoms with Crippen LogP contribution < -0.4 is 5.32 Å². The summed E-state index contributed by atoms with van der Waals surface area (Å²) in [5, 5.41) is 3.25. The standard InChI is InChI=1S/C23H23N5O3S2/c1-26-12-14-28(15-13-26)33(30,31)19-8-9-20-21(16-19)32-23(24-20)25-22(29)17-4-6-18(7-5-17)27-10-2-3-11-27/h2-11,16H,12-15H2,1H3,(H,24,25,29). The number of piperazine rings is 1. The summed E-state index contributed by atoms with van der Waals surface area (Å²) >= 11 is 1.26. The van der Waals surface area contributed by atoms with E-state index in [0.29, 0.717) is 47.1 Å². The van der Waals surface area contributed by atoms with E-state index in [4.69, 9.17) is 0 Å². The first-order chi connectivity index (χ1) is 15.9. The Morgan fingerprint density at radius 3 is 2.39 bits per heavy atom. The predicted octanol–water partition coefficient (Wildman–Crippen LogP) is 3.28. The topological polar surface area (TPSA) is 87.5 Å². The molecule has 10 heteroatoms. The van der Waals surface area contributed by atoms with E-state index in [2.05, 4.69) is 15.2 Å². The average Bonchev–Trinajstić information content (AvgIpc) is 3.49. The zero-order chi connectivity index (χ0) is 23.0. The van der Waals surface area contributed by atoms with E-state index >= 15 is 0 Å². The Hall–Kier alpha value is -3.05. The van der Waals surface area contributed by atoms with E-state index < -0.39 is 10.0 Å². The van der Waals surface area contributed by atoms with Crippen molar-refractivity contribution in [1.29, 1.82) is 0 Å². The van der Waals surface area contributed by atoms with Gasteiger partial charge < -0.3 is 9.47 Å². The second-order valence-corrected chi connectivity index (χ2v) is 10.9. The molecule has 1 amide bonds. The molecule has 33 heavy (non-hydrogen) atoms. The second-order valence-electron chi connectivity index (χ2n) is 7.95. The molecular formula is C23H23N5O3S2. The monoisotopic (exact) mass is 481 g/mol. The lowest BCUT2D eigenvalue weighted by molar-refractivity contribution is 0.102. The molecule has 1 saturated heterocycles. The Balaban J connectivity index is 1.33. The average molecular weight is 482 g/mol. The molecule has 4 aromatic rings. The van der Waals surface area contributed by atoms with Gasteiger partial charge in [0.15, 0.2) is 5.13 Å². The quantitative estimate of drug-likeness (QED) is 0.473. The van der Waals surface area contributed by atoms with E-state index in [1.54, 1.807) is 30.3 Å². The maximum atomic E-state index is 13.0. The van der Waals surface area contributed by atoms with E-state index in [-0.39, 0.29) is 10.8 Å². The second kappa shape index (κ2) is 8.71. The third-order valence-electron chi connectivity index (χ3n) is 5.71. The lowest BCUT2D eigenvalue weighted by Crippen LogP contribution is -2.46. The number of likely N-dealkylation sites (N-methyl/N-ethyl adjacent to an activating group) is 1. The van der Waals surface area contributed by atoms with Gasteiger partial charge in [0.05, 0.1) is 15.1 Å². The minimum Gasteiger partial charge on any atom is -0.324 e. The number of nitrogens with zero attached hydrogens (tertiary/aromatic N) is 4. The third-order valence-corrected chi connectivity index (χ3v) is 8.54. The molecule has 8 nitrogen and oxygen atoms in total. The Labute approximate surface area is 196 Å². The first-order valence-electron chi connectivity index (χ1n) is 10.5. The molecule has 5 rings (SSSR count). The number of fused-ring (bicyclic) bond motifs is 1. The number of sulfonamides is 1. The fourth-order valence-electron chi connectivity index (χ4n) is 3.76. The summed E-state index contributed by atoms with van der Waals surface area (Å²) in [5.74, 6) is -0.265. The van der Waals surface area contributed by atoms with Crippen LogP contribution in [0.15, 0.2) is 71.9 Å². The Morgan fingerprint density at radius 1 is 1.00 bits per heavy atom. The zero-order valence-electron chi connectivity index (χ0n) is 18.0. The molecule has 0 radical (unpaired) electrons. The van der Waals surface area contributed by atoms with Crippen molar-refractivity contribution < 1.29 is 13.2 Å². The Morgan fingerprint density at radius 2 is 1.70 bits per heavy atom. The van der Waals surface area contributed by atoms with Crippen LogP contribution in [-0.2, 0) is 10.0 Å². The normalized spacial score (nSPS) is 15.7. The van der Waals surface area contributed by atoms with Crippen LogP contribution in [0.3, 0.4) is 0 Å². The largest absolute Gasteiger partial charge is 0.324 e. The number of hydrogen-bond acceptors (Lipinski definition) is 6. The van der Waals surface area contributed by atoms with Crippen LogP contribution in [0, 0.1) is 0 Å². The number of hydrogen-bond donors (Lipinski definition) is 1. The summed E-state index contributed by atoms with van der Waals surface area (Å²) in [4.78, 5) is 19.5. The van der Waals surface area contributed by atoms with E-state index in [0.717, 1.165) is 5.69 Å². The first-order valence-corrected chi connectivity index (χ1v) is 12.8. The Kier molecular flexibility index (Phi) is 5.75. The van der Waals surface area contributed by atoms with Crippen molar-refractivity contribution in [3.05, 3.63) is 72.6 Å². The Bertz CT molecular complexity index is 1390. The van der Waals surface area contributed by atoms with E-state index in [9.17, 15) is 13.2 Å². The lowest BCUT2D eigenvalue weighted by atomic mass is 10.2. The molecular weight excluding hydrogens is 458 g/mol. The summed E-state index contributed by atoms with van der Waals surface area (Å²) in [6, 6.07) is 16.1. The maximum absolute atomic E-state index is 13.0. The number of thiazole rings is 1. The van der Waals surface area contributed by atoms with Gasteiger partial charge in [0.25, 0.3) is 5.91 Å². The predicted molar refractivity (Wildman–Crippen MR) is 130 cm³/mol. The minimum absolute atomic E-state index is 0.252. The summed E-state index contributed by atoms with van der Waals surface area (Å²) in [5.41, 5.74) is 2.13. The molecule has 0 bridgehead atoms. The molecule has 2 aromatic heterocycles. The van der Waals surface area contributed by atoms with E-state index in [1.165, 1.54) is 15.6 Å². The molecule has 1 aliphatic rings. The molecule has 0 saturated carbocycles. The van der Waals surface area contributed by atoms with Crippen LogP contribution >= 0.6 is 11.3 Å². The highest BCUT2D eigenvalue weighted by Crippen LogP contribution is 2.30. The van der Waals surface area contributed by atoms with Gasteiger partial charge in [-0.25, -0.2) is 13.4 Å². The smallest absolute Gasteiger partial charge is 0.257 e. The van der Waals surface area contributed by atoms with Crippen molar-refractivity contribution in [3.63, 3.8) is 0 Å². The summed E-state index contributed by atoms with van der Waals surface area (Å²) in [6.45, 7) is 2.38. The van der Waals surface area contributed by atoms with Crippen LogP contribution in [-0.4, -0.2) is 66.3 Å². The van der Waals surface area contributed by atoms with Gasteiger partial charge in [-0.15, -0.1) is 0 Å². The molecule has 0 spiro atoms. The van der Waals surface area contributed by atoms with Gasteiger partial charge in [-0.3, -0.25) is 10.1 Å². The van der Waals surface area contributed by atoms with Crippen LogP contribution in [0.25, 0.3) is 15.9 Å². The van der Waals surface area contributed by atoms with Crippen molar-refractivity contribution >= 4 is 42.6 Å². The first kappa shape index (κ1) is 21.8. The number of carbonyl (C=O) groups is 1. The van der Waals surface area contributed by atoms with Gasteiger partial charge in [-0.05, 0) is 61.6 Å². The molecule has 170 valence electrons. The van der Waals surface area contributed by atoms with Crippen LogP contribution in [0.4, 0.5) is 5.13 Å². The van der Waals surface area contributed by atoms with Crippen LogP contribution in [0.5, 0.6) is 0 Å². The number of carbonyl (C=O) groups excluding carboxylic acids is 1. The van der Waals surface area contributed by atoms with Gasteiger partial charge in [0, 0.05) is 49.8 Å². The number of amides is 1. The number of benzene rings is 2. The number of aromatic nitrogens is 2. The van der Waals surface area contributed by atoms with Crippen molar-refractivity contribution in [1.82, 2.24) is 18.8 Å². The molecule has 2 aromatic carbocycles. The van der Waals surface area contributed by atoms with Gasteiger partial charge in [0.2, 0.25) is 10.0 Å². The minimum atomic E-state index is -3.56. The fraction of sp³-hybridized carbons (Fsp3) is 0.217. The summed E-state index contributed by atoms with van der Waals surface area (Å²) < 4.78 is 30.3. The molecule has 0 atom stereocenters. The third kappa shape index (κ3) is 4.42. The highest BCUT2D eigenvalue weighted by Gasteiger charge is 2.27. The molecule has 1 fully saturated rings. The van der Waals surface area contributed by atoms with Crippen molar-refractivity contribution in [2.45, 2.75) is 4.90 Å². The zero-order valence-corrected chi connectivity index (χ0v) is 19.6. The van der Waals surface area contributed by atoms with Crippen molar-refractivity contribution in [3.8, 4) is 5.69 Å². The highest BCUT2D eigenvalue weighted by atomic mass is 32.2. The van der Waals surface area contributed by atoms with Crippen LogP contribution in [0.2, 0.25) is 0 Å².